The molecule has 3 heterocycles. The standard InChI is InChI=1S/C22H25N3O2/c26-20-17(11-22(20)7-9-24(10-8-22)21(27)14-5-6-14)19-16-4-2-1-3-15(16)18-12-23-13-25(18)19/h1-4,12-14,17,19-20,26H,5-11H2. The molecular formula is C22H25N3O2. The van der Waals surface area contributed by atoms with Gasteiger partial charge in [0.05, 0.1) is 30.4 Å². The second kappa shape index (κ2) is 5.44. The second-order valence-electron chi connectivity index (χ2n) is 8.99. The van der Waals surface area contributed by atoms with E-state index in [1.54, 1.807) is 0 Å². The molecule has 1 N–H and O–H groups in total. The molecule has 140 valence electrons. The van der Waals surface area contributed by atoms with Gasteiger partial charge in [-0.05, 0) is 37.7 Å². The van der Waals surface area contributed by atoms with Crippen molar-refractivity contribution < 1.29 is 9.90 Å². The van der Waals surface area contributed by atoms with Crippen molar-refractivity contribution in [2.24, 2.45) is 17.3 Å². The van der Waals surface area contributed by atoms with E-state index in [2.05, 4.69) is 33.8 Å². The van der Waals surface area contributed by atoms with E-state index in [-0.39, 0.29) is 23.5 Å². The molecule has 4 aliphatic rings. The molecule has 5 heteroatoms. The minimum atomic E-state index is -0.304. The first kappa shape index (κ1) is 15.9. The maximum Gasteiger partial charge on any atom is 0.225 e. The Morgan fingerprint density at radius 3 is 2.70 bits per heavy atom. The van der Waals surface area contributed by atoms with Gasteiger partial charge in [-0.15, -0.1) is 0 Å². The number of carbonyl (C=O) groups is 1. The number of hydrogen-bond acceptors (Lipinski definition) is 3. The molecule has 1 aromatic heterocycles. The third kappa shape index (κ3) is 2.15. The van der Waals surface area contributed by atoms with Crippen LogP contribution in [0.25, 0.3) is 11.3 Å². The number of benzene rings is 1. The van der Waals surface area contributed by atoms with Crippen LogP contribution in [0.5, 0.6) is 0 Å². The number of amides is 1. The van der Waals surface area contributed by atoms with Crippen LogP contribution in [0.1, 0.15) is 43.7 Å². The first-order chi connectivity index (χ1) is 13.2. The first-order valence-electron chi connectivity index (χ1n) is 10.3. The summed E-state index contributed by atoms with van der Waals surface area (Å²) in [5.74, 6) is 0.878. The van der Waals surface area contributed by atoms with E-state index >= 15 is 0 Å². The summed E-state index contributed by atoms with van der Waals surface area (Å²) < 4.78 is 2.25. The zero-order chi connectivity index (χ0) is 18.2. The molecule has 3 fully saturated rings. The lowest BCUT2D eigenvalue weighted by atomic mass is 9.53. The zero-order valence-corrected chi connectivity index (χ0v) is 15.4. The number of piperidine rings is 1. The van der Waals surface area contributed by atoms with Crippen LogP contribution in [-0.4, -0.2) is 44.7 Å². The van der Waals surface area contributed by atoms with Crippen molar-refractivity contribution in [3.05, 3.63) is 42.4 Å². The smallest absolute Gasteiger partial charge is 0.225 e. The van der Waals surface area contributed by atoms with E-state index in [1.807, 2.05) is 17.4 Å². The van der Waals surface area contributed by atoms with Crippen LogP contribution < -0.4 is 0 Å². The quantitative estimate of drug-likeness (QED) is 0.893. The Labute approximate surface area is 159 Å². The second-order valence-corrected chi connectivity index (χ2v) is 8.99. The van der Waals surface area contributed by atoms with Crippen molar-refractivity contribution in [1.29, 1.82) is 0 Å². The van der Waals surface area contributed by atoms with Gasteiger partial charge in [0.15, 0.2) is 0 Å². The van der Waals surface area contributed by atoms with Crippen LogP contribution in [0.2, 0.25) is 0 Å². The number of nitrogens with zero attached hydrogens (tertiary/aromatic N) is 3. The average Bonchev–Trinajstić information content (AvgIpc) is 3.37. The fourth-order valence-corrected chi connectivity index (χ4v) is 5.85. The summed E-state index contributed by atoms with van der Waals surface area (Å²) in [5, 5.41) is 11.2. The summed E-state index contributed by atoms with van der Waals surface area (Å²) in [6.45, 7) is 1.63. The van der Waals surface area contributed by atoms with E-state index in [1.165, 1.54) is 11.1 Å². The first-order valence-corrected chi connectivity index (χ1v) is 10.3. The summed E-state index contributed by atoms with van der Waals surface area (Å²) in [6, 6.07) is 8.71. The van der Waals surface area contributed by atoms with E-state index < -0.39 is 0 Å². The number of rotatable bonds is 2. The highest BCUT2D eigenvalue weighted by atomic mass is 16.3. The molecule has 3 atom stereocenters. The SMILES string of the molecule is O=C(C1CC1)N1CCC2(CC1)CC(C1c3ccccc3-c3cncn31)C2O. The highest BCUT2D eigenvalue weighted by Crippen LogP contribution is 2.59. The fourth-order valence-electron chi connectivity index (χ4n) is 5.85. The maximum absolute atomic E-state index is 12.3. The summed E-state index contributed by atoms with van der Waals surface area (Å²) >= 11 is 0. The highest BCUT2D eigenvalue weighted by Gasteiger charge is 2.58. The van der Waals surface area contributed by atoms with Gasteiger partial charge in [0, 0.05) is 35.9 Å². The Morgan fingerprint density at radius 2 is 1.96 bits per heavy atom. The molecule has 1 spiro atoms. The fraction of sp³-hybridized carbons (Fsp3) is 0.545. The Balaban J connectivity index is 1.22. The predicted molar refractivity (Wildman–Crippen MR) is 101 cm³/mol. The Morgan fingerprint density at radius 1 is 1.19 bits per heavy atom. The zero-order valence-electron chi connectivity index (χ0n) is 15.4. The summed E-state index contributed by atoms with van der Waals surface area (Å²) in [6.07, 6.45) is 8.59. The highest BCUT2D eigenvalue weighted by molar-refractivity contribution is 5.81. The van der Waals surface area contributed by atoms with Crippen LogP contribution in [0, 0.1) is 17.3 Å². The molecule has 0 bridgehead atoms. The minimum Gasteiger partial charge on any atom is -0.392 e. The summed E-state index contributed by atoms with van der Waals surface area (Å²) in [7, 11) is 0. The third-order valence-corrected chi connectivity index (χ3v) is 7.60. The van der Waals surface area contributed by atoms with Crippen LogP contribution >= 0.6 is 0 Å². The lowest BCUT2D eigenvalue weighted by molar-refractivity contribution is -0.165. The van der Waals surface area contributed by atoms with E-state index in [4.69, 9.17) is 0 Å². The number of hydrogen-bond donors (Lipinski definition) is 1. The van der Waals surface area contributed by atoms with Crippen molar-refractivity contribution in [2.45, 2.75) is 44.2 Å². The molecule has 27 heavy (non-hydrogen) atoms. The lowest BCUT2D eigenvalue weighted by Gasteiger charge is -2.58. The molecule has 2 aliphatic heterocycles. The monoisotopic (exact) mass is 363 g/mol. The largest absolute Gasteiger partial charge is 0.392 e. The molecule has 1 saturated heterocycles. The topological polar surface area (TPSA) is 58.4 Å². The van der Waals surface area contributed by atoms with Gasteiger partial charge in [0.1, 0.15) is 0 Å². The van der Waals surface area contributed by atoms with E-state index in [0.29, 0.717) is 11.8 Å². The number of fused-ring (bicyclic) bond motifs is 3. The third-order valence-electron chi connectivity index (χ3n) is 7.60. The predicted octanol–water partition coefficient (Wildman–Crippen LogP) is 2.85. The lowest BCUT2D eigenvalue weighted by Crippen LogP contribution is -2.60. The summed E-state index contributed by atoms with van der Waals surface area (Å²) in [4.78, 5) is 18.7. The van der Waals surface area contributed by atoms with Gasteiger partial charge in [0.25, 0.3) is 0 Å². The molecule has 5 nitrogen and oxygen atoms in total. The van der Waals surface area contributed by atoms with E-state index in [9.17, 15) is 9.90 Å². The van der Waals surface area contributed by atoms with Gasteiger partial charge in [-0.2, -0.15) is 0 Å². The maximum atomic E-state index is 12.3. The van der Waals surface area contributed by atoms with Gasteiger partial charge in [-0.1, -0.05) is 24.3 Å². The molecule has 0 radical (unpaired) electrons. The number of likely N-dealkylation sites (tertiary alicyclic amines) is 1. The van der Waals surface area contributed by atoms with Crippen molar-refractivity contribution in [3.8, 4) is 11.3 Å². The average molecular weight is 363 g/mol. The normalized spacial score (nSPS) is 30.7. The molecular weight excluding hydrogens is 338 g/mol. The van der Waals surface area contributed by atoms with Crippen molar-refractivity contribution in [1.82, 2.24) is 14.5 Å². The van der Waals surface area contributed by atoms with Gasteiger partial charge in [-0.3, -0.25) is 4.79 Å². The van der Waals surface area contributed by atoms with Crippen LogP contribution in [0.4, 0.5) is 0 Å². The van der Waals surface area contributed by atoms with Gasteiger partial charge >= 0.3 is 0 Å². The minimum absolute atomic E-state index is 0.00325. The van der Waals surface area contributed by atoms with Gasteiger partial charge in [0.2, 0.25) is 5.91 Å². The van der Waals surface area contributed by atoms with Crippen LogP contribution in [-0.2, 0) is 4.79 Å². The van der Waals surface area contributed by atoms with Crippen molar-refractivity contribution in [2.75, 3.05) is 13.1 Å². The molecule has 3 unspecified atom stereocenters. The Hall–Kier alpha value is -2.14. The van der Waals surface area contributed by atoms with Gasteiger partial charge in [-0.25, -0.2) is 4.98 Å². The van der Waals surface area contributed by atoms with E-state index in [0.717, 1.165) is 50.9 Å². The Bertz CT molecular complexity index is 908. The molecule has 2 aliphatic carbocycles. The molecule has 1 amide bonds. The molecule has 6 rings (SSSR count). The number of aromatic nitrogens is 2. The van der Waals surface area contributed by atoms with Gasteiger partial charge < -0.3 is 14.6 Å². The summed E-state index contributed by atoms with van der Waals surface area (Å²) in [5.41, 5.74) is 3.73. The molecule has 1 aromatic carbocycles. The number of aliphatic hydroxyl groups excluding tert-OH is 1. The molecule has 2 saturated carbocycles. The van der Waals surface area contributed by atoms with Crippen molar-refractivity contribution >= 4 is 5.91 Å². The number of aliphatic hydroxyl groups is 1. The number of imidazole rings is 1. The van der Waals surface area contributed by atoms with Crippen LogP contribution in [0.3, 0.4) is 0 Å². The Kier molecular flexibility index (Phi) is 3.20. The molecule has 2 aromatic rings. The van der Waals surface area contributed by atoms with Crippen LogP contribution in [0.15, 0.2) is 36.8 Å². The number of carbonyl (C=O) groups excluding carboxylic acids is 1. The van der Waals surface area contributed by atoms with Crippen molar-refractivity contribution in [3.63, 3.8) is 0 Å².